The molecule has 3 aromatic rings. The zero-order chi connectivity index (χ0) is 18.5. The first-order valence-electron chi connectivity index (χ1n) is 8.03. The zero-order valence-corrected chi connectivity index (χ0v) is 14.8. The number of hydrogen-bond donors (Lipinski definition) is 2. The van der Waals surface area contributed by atoms with E-state index in [2.05, 4.69) is 15.7 Å². The second-order valence-corrected chi connectivity index (χ2v) is 5.86. The minimum atomic E-state index is -0.454. The van der Waals surface area contributed by atoms with Crippen LogP contribution in [-0.2, 0) is 4.79 Å². The third kappa shape index (κ3) is 3.94. The maximum atomic E-state index is 12.4. The number of hydrogen-bond acceptors (Lipinski definition) is 4. The lowest BCUT2D eigenvalue weighted by Crippen LogP contribution is -2.36. The number of benzene rings is 1. The quantitative estimate of drug-likeness (QED) is 0.696. The molecule has 2 amide bonds. The Morgan fingerprint density at radius 2 is 2.04 bits per heavy atom. The van der Waals surface area contributed by atoms with E-state index in [0.29, 0.717) is 28.7 Å². The zero-order valence-electron chi connectivity index (χ0n) is 14.0. The first-order valence-corrected chi connectivity index (χ1v) is 8.41. The third-order valence-electron chi connectivity index (χ3n) is 3.55. The van der Waals surface area contributed by atoms with Crippen molar-refractivity contribution in [1.82, 2.24) is 20.4 Å². The summed E-state index contributed by atoms with van der Waals surface area (Å²) in [5.41, 5.74) is 1.45. The summed E-state index contributed by atoms with van der Waals surface area (Å²) in [5.74, 6) is -0.161. The van der Waals surface area contributed by atoms with E-state index in [1.54, 1.807) is 47.3 Å². The van der Waals surface area contributed by atoms with Gasteiger partial charge in [0, 0.05) is 17.6 Å². The van der Waals surface area contributed by atoms with Crippen molar-refractivity contribution in [3.8, 4) is 17.1 Å². The van der Waals surface area contributed by atoms with E-state index in [-0.39, 0.29) is 18.1 Å². The van der Waals surface area contributed by atoms with E-state index in [0.717, 1.165) is 0 Å². The molecule has 0 aliphatic rings. The third-order valence-corrected chi connectivity index (χ3v) is 3.79. The molecule has 134 valence electrons. The molecule has 0 aliphatic heterocycles. The number of carbonyl (C=O) groups excluding carboxylic acids is 2. The van der Waals surface area contributed by atoms with Crippen molar-refractivity contribution in [1.29, 1.82) is 0 Å². The number of carbonyl (C=O) groups is 2. The van der Waals surface area contributed by atoms with Gasteiger partial charge in [-0.15, -0.1) is 0 Å². The molecule has 7 nitrogen and oxygen atoms in total. The van der Waals surface area contributed by atoms with Crippen LogP contribution in [-0.4, -0.2) is 34.7 Å². The molecule has 0 atom stereocenters. The Morgan fingerprint density at radius 1 is 1.19 bits per heavy atom. The van der Waals surface area contributed by atoms with E-state index in [4.69, 9.17) is 16.0 Å². The van der Waals surface area contributed by atoms with Crippen LogP contribution in [0.5, 0.6) is 0 Å². The van der Waals surface area contributed by atoms with Crippen LogP contribution in [0.4, 0.5) is 0 Å². The van der Waals surface area contributed by atoms with Crippen molar-refractivity contribution in [2.24, 2.45) is 0 Å². The van der Waals surface area contributed by atoms with Crippen molar-refractivity contribution in [2.75, 3.05) is 13.1 Å². The summed E-state index contributed by atoms with van der Waals surface area (Å²) < 4.78 is 7.02. The summed E-state index contributed by atoms with van der Waals surface area (Å²) in [7, 11) is 0. The van der Waals surface area contributed by atoms with Gasteiger partial charge >= 0.3 is 0 Å². The average molecular weight is 373 g/mol. The number of likely N-dealkylation sites (N-methyl/N-ethyl adjacent to an activating group) is 1. The number of furan rings is 1. The van der Waals surface area contributed by atoms with Crippen molar-refractivity contribution in [3.63, 3.8) is 0 Å². The van der Waals surface area contributed by atoms with Gasteiger partial charge in [-0.2, -0.15) is 5.10 Å². The van der Waals surface area contributed by atoms with Crippen LogP contribution in [0.15, 0.2) is 53.1 Å². The summed E-state index contributed by atoms with van der Waals surface area (Å²) in [6, 6.07) is 12.2. The number of amides is 2. The smallest absolute Gasteiger partial charge is 0.272 e. The number of nitrogens with zero attached hydrogens (tertiary/aromatic N) is 2. The van der Waals surface area contributed by atoms with Crippen LogP contribution in [0.25, 0.3) is 17.1 Å². The minimum Gasteiger partial charge on any atom is -0.463 e. The van der Waals surface area contributed by atoms with Crippen molar-refractivity contribution in [2.45, 2.75) is 6.92 Å². The van der Waals surface area contributed by atoms with Crippen LogP contribution < -0.4 is 10.6 Å². The molecule has 0 aliphatic carbocycles. The molecule has 0 spiro atoms. The van der Waals surface area contributed by atoms with Gasteiger partial charge in [-0.1, -0.05) is 17.7 Å². The lowest BCUT2D eigenvalue weighted by Gasteiger charge is -2.06. The first-order chi connectivity index (χ1) is 12.6. The maximum Gasteiger partial charge on any atom is 0.272 e. The minimum absolute atomic E-state index is 0.118. The Balaban J connectivity index is 1.92. The normalized spacial score (nSPS) is 10.5. The highest BCUT2D eigenvalue weighted by Gasteiger charge is 2.18. The number of rotatable bonds is 6. The van der Waals surface area contributed by atoms with Gasteiger partial charge in [-0.25, -0.2) is 4.68 Å². The Hall–Kier alpha value is -3.06. The average Bonchev–Trinajstić information content (AvgIpc) is 3.29. The monoisotopic (exact) mass is 372 g/mol. The van der Waals surface area contributed by atoms with E-state index >= 15 is 0 Å². The lowest BCUT2D eigenvalue weighted by atomic mass is 10.2. The molecular formula is C18H17ClN4O3. The molecule has 2 N–H and O–H groups in total. The van der Waals surface area contributed by atoms with Crippen LogP contribution in [0.2, 0.25) is 5.02 Å². The second-order valence-electron chi connectivity index (χ2n) is 5.42. The van der Waals surface area contributed by atoms with Gasteiger partial charge in [0.15, 0.2) is 11.5 Å². The van der Waals surface area contributed by atoms with E-state index in [1.165, 1.54) is 0 Å². The SMILES string of the molecule is CCNC(=O)CNC(=O)c1cc(-c2ccco2)n(-c2cccc(Cl)c2)n1. The molecule has 0 bridgehead atoms. The van der Waals surface area contributed by atoms with E-state index in [9.17, 15) is 9.59 Å². The molecule has 26 heavy (non-hydrogen) atoms. The maximum absolute atomic E-state index is 12.4. The molecule has 0 fully saturated rings. The van der Waals surface area contributed by atoms with Crippen LogP contribution in [0.3, 0.4) is 0 Å². The van der Waals surface area contributed by atoms with E-state index < -0.39 is 5.91 Å². The lowest BCUT2D eigenvalue weighted by molar-refractivity contribution is -0.120. The van der Waals surface area contributed by atoms with Crippen LogP contribution in [0.1, 0.15) is 17.4 Å². The fourth-order valence-corrected chi connectivity index (χ4v) is 2.59. The summed E-state index contributed by atoms with van der Waals surface area (Å²) >= 11 is 6.07. The largest absolute Gasteiger partial charge is 0.463 e. The van der Waals surface area contributed by atoms with Crippen molar-refractivity contribution in [3.05, 3.63) is 59.4 Å². The predicted octanol–water partition coefficient (Wildman–Crippen LogP) is 2.65. The predicted molar refractivity (Wildman–Crippen MR) is 97.3 cm³/mol. The molecule has 2 heterocycles. The molecule has 3 rings (SSSR count). The van der Waals surface area contributed by atoms with Gasteiger partial charge in [0.25, 0.3) is 5.91 Å². The fraction of sp³-hybridized carbons (Fsp3) is 0.167. The summed E-state index contributed by atoms with van der Waals surface area (Å²) in [4.78, 5) is 23.9. The number of aromatic nitrogens is 2. The van der Waals surface area contributed by atoms with Gasteiger partial charge in [0.05, 0.1) is 18.5 Å². The molecular weight excluding hydrogens is 356 g/mol. The van der Waals surface area contributed by atoms with Gasteiger partial charge in [-0.3, -0.25) is 9.59 Å². The highest BCUT2D eigenvalue weighted by molar-refractivity contribution is 6.30. The highest BCUT2D eigenvalue weighted by atomic mass is 35.5. The van der Waals surface area contributed by atoms with Crippen LogP contribution >= 0.6 is 11.6 Å². The Kier molecular flexibility index (Phi) is 5.38. The Bertz CT molecular complexity index is 918. The molecule has 0 unspecified atom stereocenters. The molecule has 0 saturated heterocycles. The van der Waals surface area contributed by atoms with Crippen LogP contribution in [0, 0.1) is 0 Å². The second kappa shape index (κ2) is 7.88. The van der Waals surface area contributed by atoms with Gasteiger partial charge in [-0.05, 0) is 37.3 Å². The van der Waals surface area contributed by atoms with E-state index in [1.807, 2.05) is 13.0 Å². The van der Waals surface area contributed by atoms with Crippen molar-refractivity contribution >= 4 is 23.4 Å². The number of nitrogens with one attached hydrogen (secondary N) is 2. The molecule has 2 aromatic heterocycles. The molecule has 8 heteroatoms. The van der Waals surface area contributed by atoms with Gasteiger partial charge in [0.2, 0.25) is 5.91 Å². The summed E-state index contributed by atoms with van der Waals surface area (Å²) in [6.07, 6.45) is 1.54. The highest BCUT2D eigenvalue weighted by Crippen LogP contribution is 2.25. The summed E-state index contributed by atoms with van der Waals surface area (Å²) in [6.45, 7) is 2.19. The first kappa shape index (κ1) is 17.8. The summed E-state index contributed by atoms with van der Waals surface area (Å²) in [5, 5.41) is 10.1. The number of halogens is 1. The standard InChI is InChI=1S/C18H17ClN4O3/c1-2-20-17(24)11-21-18(25)14-10-15(16-7-4-8-26-16)23(22-14)13-6-3-5-12(19)9-13/h3-10H,2,11H2,1H3,(H,20,24)(H,21,25). The molecule has 0 radical (unpaired) electrons. The molecule has 0 saturated carbocycles. The topological polar surface area (TPSA) is 89.2 Å². The fourth-order valence-electron chi connectivity index (χ4n) is 2.41. The Labute approximate surface area is 154 Å². The van der Waals surface area contributed by atoms with Crippen molar-refractivity contribution < 1.29 is 14.0 Å². The van der Waals surface area contributed by atoms with Gasteiger partial charge in [0.1, 0.15) is 5.69 Å². The molecule has 1 aromatic carbocycles. The Morgan fingerprint density at radius 3 is 2.73 bits per heavy atom. The van der Waals surface area contributed by atoms with Gasteiger partial charge < -0.3 is 15.1 Å².